The highest BCUT2D eigenvalue weighted by Crippen LogP contribution is 2.45. The zero-order valence-corrected chi connectivity index (χ0v) is 54.4. The van der Waals surface area contributed by atoms with Crippen molar-refractivity contribution >= 4 is 74.0 Å². The quantitative estimate of drug-likeness (QED) is 0.0922. The van der Waals surface area contributed by atoms with E-state index in [0.717, 1.165) is 75.6 Å². The van der Waals surface area contributed by atoms with Crippen LogP contribution in [0.4, 0.5) is 9.59 Å². The highest BCUT2D eigenvalue weighted by Gasteiger charge is 2.57. The second-order valence-corrected chi connectivity index (χ2v) is 27.9. The number of hydrogen-bond acceptors (Lipinski definition) is 14. The molecular formula is C68H84N14O9. The summed E-state index contributed by atoms with van der Waals surface area (Å²) in [4.78, 5) is 91.5. The Hall–Kier alpha value is -8.73. The van der Waals surface area contributed by atoms with Crippen LogP contribution in [0, 0.1) is 23.7 Å². The molecule has 23 heteroatoms. The zero-order valence-electron chi connectivity index (χ0n) is 54.4. The lowest BCUT2D eigenvalue weighted by Crippen LogP contribution is -2.56. The second kappa shape index (κ2) is 23.2. The van der Waals surface area contributed by atoms with E-state index in [0.29, 0.717) is 65.0 Å². The molecule has 91 heavy (non-hydrogen) atoms. The van der Waals surface area contributed by atoms with Gasteiger partial charge in [-0.1, -0.05) is 0 Å². The van der Waals surface area contributed by atoms with Gasteiger partial charge in [0.25, 0.3) is 11.8 Å². The molecule has 4 aliphatic carbocycles. The van der Waals surface area contributed by atoms with Crippen LogP contribution in [0.15, 0.2) is 73.1 Å². The number of carbonyl (C=O) groups excluding carboxylic acids is 5. The van der Waals surface area contributed by atoms with E-state index in [-0.39, 0.29) is 59.8 Å². The molecule has 8 heterocycles. The normalized spacial score (nSPS) is 22.6. The van der Waals surface area contributed by atoms with Gasteiger partial charge in [0.15, 0.2) is 11.6 Å². The first-order valence-corrected chi connectivity index (χ1v) is 31.9. The fourth-order valence-corrected chi connectivity index (χ4v) is 14.8. The van der Waals surface area contributed by atoms with Crippen LogP contribution in [0.5, 0.6) is 11.5 Å². The number of benzene rings is 2. The second-order valence-electron chi connectivity index (χ2n) is 27.9. The predicted octanol–water partition coefficient (Wildman–Crippen LogP) is 8.93. The molecule has 23 nitrogen and oxygen atoms in total. The van der Waals surface area contributed by atoms with E-state index in [1.54, 1.807) is 37.1 Å². The van der Waals surface area contributed by atoms with Crippen LogP contribution < -0.4 is 25.4 Å². The third kappa shape index (κ3) is 11.4. The van der Waals surface area contributed by atoms with Crippen molar-refractivity contribution in [2.24, 2.45) is 37.8 Å². The average molecular weight is 1240 g/mol. The smallest absolute Gasteiger partial charge is 0.407 e. The monoisotopic (exact) mass is 1240 g/mol. The largest absolute Gasteiger partial charge is 0.494 e. The standard InChI is InChI=1S/C35H43N7O5.C33H41N7O4/c1-19(43)39(5)25-15-23-18-42(30(25)28(23)38-34(45)47-35(2,3)4)33(44)22-13-24-29(27(16-22)46-7)40(6)32(37-24)26-14-21-9-8-12-36-31(21)41(26)17-20-10-11-20;1-33(2,3)44-32(42)37-26-21-13-22(34-4)28(26)40(17-21)31(41)20-12-23-27(25(15-20)43-6)38(5)30(36-23)24-14-19-8-7-11-35-29(19)39(24)16-18-9-10-18/h8-9,12-14,16,20,23,25,28,30H,10-11,15,17-18H2,1-7H3,(H,38,45);7-8,11-12,14-15,18,21-22,26,28,34H,9-10,13,16-17H2,1-6H3,(H,37,42)/t23-,25-,28-,30-;21-,22?,26-,28-/m11/s1. The summed E-state index contributed by atoms with van der Waals surface area (Å²) in [5, 5.41) is 11.6. The maximum absolute atomic E-state index is 14.4. The SMILES string of the molecule is CNC1C[C@@H]2CN(C(=O)c3cc(OC)c4c(c3)nc(-c3cc5cccnc5n3CC3CC3)n4C)[C@H]1[C@@H]2NC(=O)OC(C)(C)C.COc1cc(C(=O)N2C[C@H]3C[C@@H](N(C)C(C)=O)[C@@H]2[C@@H]3NC(=O)OC(C)(C)C)cc2nc(-c3cc4cccnc4n3CC3CC3)n(C)c12. The van der Waals surface area contributed by atoms with Gasteiger partial charge in [-0.3, -0.25) is 14.4 Å². The number of imidazole rings is 2. The molecule has 8 aromatic rings. The summed E-state index contributed by atoms with van der Waals surface area (Å²) in [7, 11) is 10.8. The summed E-state index contributed by atoms with van der Waals surface area (Å²) in [6, 6.07) is 18.3. The summed E-state index contributed by atoms with van der Waals surface area (Å²) in [5.74, 6) is 3.70. The van der Waals surface area contributed by atoms with Gasteiger partial charge < -0.3 is 67.9 Å². The number of nitrogens with one attached hydrogen (secondary N) is 3. The van der Waals surface area contributed by atoms with Gasteiger partial charge in [0, 0.05) is 106 Å². The summed E-state index contributed by atoms with van der Waals surface area (Å²) < 4.78 is 31.5. The Morgan fingerprint density at radius 1 is 0.626 bits per heavy atom. The Morgan fingerprint density at radius 3 is 1.48 bits per heavy atom. The van der Waals surface area contributed by atoms with Crippen LogP contribution in [0.2, 0.25) is 0 Å². The lowest BCUT2D eigenvalue weighted by molar-refractivity contribution is -0.130. The van der Waals surface area contributed by atoms with Gasteiger partial charge in [-0.15, -0.1) is 0 Å². The van der Waals surface area contributed by atoms with Gasteiger partial charge >= 0.3 is 12.2 Å². The van der Waals surface area contributed by atoms with E-state index in [1.807, 2.05) is 115 Å². The molecule has 2 aliphatic heterocycles. The number of amides is 5. The minimum atomic E-state index is -0.664. The number of pyridine rings is 2. The van der Waals surface area contributed by atoms with Crippen molar-refractivity contribution in [2.45, 2.75) is 148 Å². The van der Waals surface area contributed by atoms with Crippen molar-refractivity contribution in [3.8, 4) is 34.5 Å². The molecule has 4 saturated carbocycles. The summed E-state index contributed by atoms with van der Waals surface area (Å²) in [6.45, 7) is 15.3. The number of methoxy groups -OCH3 is 2. The molecule has 480 valence electrons. The Labute approximate surface area is 529 Å². The molecule has 6 fully saturated rings. The first-order chi connectivity index (χ1) is 43.4. The Bertz CT molecular complexity index is 4200. The third-order valence-electron chi connectivity index (χ3n) is 19.3. The highest BCUT2D eigenvalue weighted by molar-refractivity contribution is 6.02. The van der Waals surface area contributed by atoms with E-state index in [1.165, 1.54) is 32.6 Å². The molecular weight excluding hydrogens is 1160 g/mol. The van der Waals surface area contributed by atoms with Gasteiger partial charge in [0.1, 0.15) is 45.0 Å². The molecule has 8 atom stereocenters. The first-order valence-electron chi connectivity index (χ1n) is 31.9. The van der Waals surface area contributed by atoms with Crippen molar-refractivity contribution in [3.63, 3.8) is 0 Å². The molecule has 1 unspecified atom stereocenters. The van der Waals surface area contributed by atoms with Crippen molar-refractivity contribution in [1.82, 2.24) is 68.9 Å². The van der Waals surface area contributed by atoms with Crippen molar-refractivity contribution in [3.05, 3.63) is 84.2 Å². The van der Waals surface area contributed by atoms with Gasteiger partial charge in [-0.25, -0.2) is 29.5 Å². The molecule has 0 spiro atoms. The molecule has 2 aromatic carbocycles. The van der Waals surface area contributed by atoms with Gasteiger partial charge in [0.2, 0.25) is 5.91 Å². The number of alkyl carbamates (subject to hydrolysis) is 2. The van der Waals surface area contributed by atoms with E-state index >= 15 is 0 Å². The number of carbonyl (C=O) groups is 5. The van der Waals surface area contributed by atoms with Gasteiger partial charge in [-0.05, 0) is 160 Å². The van der Waals surface area contributed by atoms with Crippen LogP contribution in [-0.2, 0) is 41.5 Å². The summed E-state index contributed by atoms with van der Waals surface area (Å²) in [5.41, 5.74) is 6.52. The van der Waals surface area contributed by atoms with Crippen molar-refractivity contribution in [2.75, 3.05) is 41.4 Å². The van der Waals surface area contributed by atoms with Crippen LogP contribution in [-0.4, -0.2) is 172 Å². The molecule has 6 aliphatic rings. The number of nitrogens with zero attached hydrogens (tertiary/aromatic N) is 11. The van der Waals surface area contributed by atoms with E-state index < -0.39 is 29.4 Å². The average Bonchev–Trinajstić information content (AvgIpc) is 1.66. The van der Waals surface area contributed by atoms with Crippen molar-refractivity contribution in [1.29, 1.82) is 0 Å². The van der Waals surface area contributed by atoms with Crippen molar-refractivity contribution < 1.29 is 42.9 Å². The fourth-order valence-electron chi connectivity index (χ4n) is 14.8. The fraction of sp³-hybridized carbons (Fsp3) is 0.515. The molecule has 3 N–H and O–H groups in total. The number of aromatic nitrogens is 8. The highest BCUT2D eigenvalue weighted by atomic mass is 16.6. The minimum absolute atomic E-state index is 0.0302. The Kier molecular flexibility index (Phi) is 15.6. The van der Waals surface area contributed by atoms with Crippen LogP contribution in [0.25, 0.3) is 67.2 Å². The maximum atomic E-state index is 14.4. The number of piperidine rings is 2. The summed E-state index contributed by atoms with van der Waals surface area (Å²) >= 11 is 0. The number of likely N-dealkylation sites (tertiary alicyclic amines) is 2. The maximum Gasteiger partial charge on any atom is 0.407 e. The van der Waals surface area contributed by atoms with E-state index in [2.05, 4.69) is 58.9 Å². The van der Waals surface area contributed by atoms with E-state index in [9.17, 15) is 24.0 Å². The van der Waals surface area contributed by atoms with Crippen LogP contribution in [0.1, 0.15) is 108 Å². The van der Waals surface area contributed by atoms with Crippen LogP contribution in [0.3, 0.4) is 0 Å². The molecule has 5 amide bonds. The number of ether oxygens (including phenoxy) is 4. The molecule has 4 bridgehead atoms. The number of rotatable bonds is 14. The molecule has 2 saturated heterocycles. The lowest BCUT2D eigenvalue weighted by Gasteiger charge is -2.38. The zero-order chi connectivity index (χ0) is 64.3. The number of hydrogen-bond donors (Lipinski definition) is 3. The Morgan fingerprint density at radius 2 is 1.07 bits per heavy atom. The number of likely N-dealkylation sites (N-methyl/N-ethyl adjacent to an activating group) is 2. The minimum Gasteiger partial charge on any atom is -0.494 e. The predicted molar refractivity (Wildman–Crippen MR) is 345 cm³/mol. The molecule has 0 radical (unpaired) electrons. The first kappa shape index (κ1) is 61.1. The number of fused-ring (bicyclic) bond motifs is 8. The summed E-state index contributed by atoms with van der Waals surface area (Å²) in [6.07, 6.45) is 9.11. The number of aryl methyl sites for hydroxylation is 2. The van der Waals surface area contributed by atoms with Gasteiger partial charge in [0.05, 0.1) is 66.9 Å². The topological polar surface area (TPSA) is 239 Å². The van der Waals surface area contributed by atoms with Gasteiger partial charge in [-0.2, -0.15) is 0 Å². The van der Waals surface area contributed by atoms with E-state index in [4.69, 9.17) is 33.9 Å². The Balaban J connectivity index is 0.000000167. The molecule has 14 rings (SSSR count). The third-order valence-corrected chi connectivity index (χ3v) is 19.3. The van der Waals surface area contributed by atoms with Crippen LogP contribution >= 0.6 is 0 Å². The lowest BCUT2D eigenvalue weighted by atomic mass is 10.0. The molecule has 6 aromatic heterocycles.